The van der Waals surface area contributed by atoms with Gasteiger partial charge in [-0.25, -0.2) is 25.9 Å². The van der Waals surface area contributed by atoms with Crippen LogP contribution in [0.3, 0.4) is 0 Å². The van der Waals surface area contributed by atoms with Crippen LogP contribution in [0, 0.1) is 22.7 Å². The lowest BCUT2D eigenvalue weighted by atomic mass is 10.1. The first-order chi connectivity index (χ1) is 42.6. The molecule has 12 heterocycles. The van der Waals surface area contributed by atoms with Crippen LogP contribution in [-0.4, -0.2) is 222 Å². The number of nitrogens with one attached hydrogen (secondary N) is 2. The number of piperazine rings is 4. The van der Waals surface area contributed by atoms with Crippen LogP contribution in [0.25, 0.3) is 22.6 Å². The fourth-order valence-corrected chi connectivity index (χ4v) is 17.2. The second kappa shape index (κ2) is 22.6. The first kappa shape index (κ1) is 56.7. The highest BCUT2D eigenvalue weighted by molar-refractivity contribution is 7.89. The standard InChI is InChI=1S/C58H64N22O6S2/c1-69-18-22-71(23-19-69)53(81)37-75-31-42(29-61-75)63-57-65-55-50(4-3-17-77(55)67-57)73-35-46-10-11-47(36-73)80(46)88(85,86)52-16-7-40(26-41(52)28-60)49-14-15-51(74-33-44-8-9-45(34-74)79(44)87(83,84)48-12-5-39(27-59)6-13-48)56-66-58(68-78(49)56)64-43-30-62-76(32-43)38-54(82)72-24-20-70(2)21-25-72/h3-7,12-17,26,29-32,44-47H,8-11,18-25,33-38H2,1-2H3,(H,63,67)(H,64,68). The molecule has 30 heteroatoms. The number of hydrogen-bond donors (Lipinski definition) is 2. The van der Waals surface area contributed by atoms with E-state index in [4.69, 9.17) is 15.1 Å². The molecule has 14 rings (SSSR count). The van der Waals surface area contributed by atoms with E-state index in [1.165, 1.54) is 30.3 Å². The smallest absolute Gasteiger partial charge is 0.247 e. The molecule has 6 aromatic heterocycles. The van der Waals surface area contributed by atoms with E-state index in [0.717, 1.165) is 31.9 Å². The summed E-state index contributed by atoms with van der Waals surface area (Å²) in [4.78, 5) is 48.5. The van der Waals surface area contributed by atoms with E-state index in [2.05, 4.69) is 57.7 Å². The number of carbonyl (C=O) groups is 2. The lowest BCUT2D eigenvalue weighted by Gasteiger charge is -2.41. The molecule has 6 aliphatic heterocycles. The Balaban J connectivity index is 0.712. The Bertz CT molecular complexity index is 4320. The number of rotatable bonds is 15. The molecule has 6 saturated heterocycles. The summed E-state index contributed by atoms with van der Waals surface area (Å²) < 4.78 is 68.1. The molecular formula is C58H64N22O6S2. The molecule has 0 saturated carbocycles. The molecule has 0 spiro atoms. The Morgan fingerprint density at radius 3 is 1.67 bits per heavy atom. The Morgan fingerprint density at radius 2 is 1.12 bits per heavy atom. The monoisotopic (exact) mass is 1230 g/mol. The van der Waals surface area contributed by atoms with Crippen LogP contribution < -0.4 is 20.4 Å². The van der Waals surface area contributed by atoms with Crippen LogP contribution in [0.15, 0.2) is 108 Å². The maximum atomic E-state index is 15.0. The molecule has 0 aliphatic carbocycles. The van der Waals surface area contributed by atoms with Crippen molar-refractivity contribution in [1.29, 1.82) is 10.5 Å². The zero-order chi connectivity index (χ0) is 60.6. The van der Waals surface area contributed by atoms with Crippen LogP contribution in [-0.2, 0) is 42.7 Å². The van der Waals surface area contributed by atoms with Crippen LogP contribution in [0.4, 0.5) is 34.6 Å². The van der Waals surface area contributed by atoms with Gasteiger partial charge in [-0.2, -0.15) is 39.3 Å². The van der Waals surface area contributed by atoms with Gasteiger partial charge in [-0.15, -0.1) is 10.2 Å². The molecule has 454 valence electrons. The van der Waals surface area contributed by atoms with Crippen LogP contribution in [0.1, 0.15) is 36.8 Å². The highest BCUT2D eigenvalue weighted by Gasteiger charge is 2.49. The number of nitrogens with zero attached hydrogens (tertiary/aromatic N) is 20. The van der Waals surface area contributed by atoms with E-state index >= 15 is 8.42 Å². The van der Waals surface area contributed by atoms with E-state index < -0.39 is 32.1 Å². The first-order valence-electron chi connectivity index (χ1n) is 29.5. The van der Waals surface area contributed by atoms with Gasteiger partial charge in [0, 0.05) is 127 Å². The number of fused-ring (bicyclic) bond motifs is 6. The quantitative estimate of drug-likeness (QED) is 0.149. The lowest BCUT2D eigenvalue weighted by molar-refractivity contribution is -0.134. The second-order valence-corrected chi connectivity index (χ2v) is 27.2. The molecule has 2 aromatic carbocycles. The molecule has 6 aliphatic rings. The summed E-state index contributed by atoms with van der Waals surface area (Å²) in [6, 6.07) is 21.0. The largest absolute Gasteiger partial charge is 0.365 e. The molecule has 0 radical (unpaired) electrons. The third kappa shape index (κ3) is 10.6. The maximum Gasteiger partial charge on any atom is 0.247 e. The summed E-state index contributed by atoms with van der Waals surface area (Å²) >= 11 is 0. The summed E-state index contributed by atoms with van der Waals surface area (Å²) in [6.07, 6.45) is 11.0. The average molecular weight is 1230 g/mol. The van der Waals surface area contributed by atoms with Gasteiger partial charge in [-0.1, -0.05) is 6.07 Å². The SMILES string of the molecule is CN1CCN(C(=O)Cn2cc(Nc3nc4c(N5CC6CCC(C5)N6S(=O)(=O)c5ccc(-c6ccc(N7CC8CCC(C7)N8S(=O)(=O)c7ccc(C#N)cc7)c7nc(Nc8cnn(CC(=O)N9CCN(C)CC9)c8)nn67)cc5C#N)cccn4n3)cn2)CC1. The predicted octanol–water partition coefficient (Wildman–Crippen LogP) is 2.69. The van der Waals surface area contributed by atoms with Crippen molar-refractivity contribution in [1.82, 2.24) is 77.0 Å². The minimum absolute atomic E-state index is 0.00708. The number of benzene rings is 2. The van der Waals surface area contributed by atoms with E-state index in [9.17, 15) is 28.5 Å². The van der Waals surface area contributed by atoms with Crippen LogP contribution in [0.2, 0.25) is 0 Å². The van der Waals surface area contributed by atoms with E-state index in [0.29, 0.717) is 129 Å². The van der Waals surface area contributed by atoms with E-state index in [1.54, 1.807) is 70.1 Å². The zero-order valence-corrected chi connectivity index (χ0v) is 50.1. The maximum absolute atomic E-state index is 15.0. The molecule has 8 aromatic rings. The van der Waals surface area contributed by atoms with Gasteiger partial charge in [0.05, 0.1) is 62.9 Å². The van der Waals surface area contributed by atoms with Gasteiger partial charge >= 0.3 is 0 Å². The predicted molar refractivity (Wildman–Crippen MR) is 323 cm³/mol. The van der Waals surface area contributed by atoms with Gasteiger partial charge in [0.25, 0.3) is 0 Å². The Labute approximate surface area is 507 Å². The first-order valence-corrected chi connectivity index (χ1v) is 32.3. The summed E-state index contributed by atoms with van der Waals surface area (Å²) in [5.41, 5.74) is 5.00. The van der Waals surface area contributed by atoms with E-state index in [1.807, 2.05) is 48.2 Å². The van der Waals surface area contributed by atoms with Crippen LogP contribution >= 0.6 is 0 Å². The van der Waals surface area contributed by atoms with Gasteiger partial charge in [0.15, 0.2) is 11.3 Å². The molecule has 6 fully saturated rings. The Morgan fingerprint density at radius 1 is 0.602 bits per heavy atom. The minimum Gasteiger partial charge on any atom is -0.365 e. The molecule has 4 unspecified atom stereocenters. The number of carbonyl (C=O) groups excluding carboxylic acids is 2. The number of aromatic nitrogens is 10. The van der Waals surface area contributed by atoms with Crippen molar-refractivity contribution in [2.75, 3.05) is 113 Å². The van der Waals surface area contributed by atoms with Crippen molar-refractivity contribution in [3.63, 3.8) is 0 Å². The Hall–Kier alpha value is -9.04. The summed E-state index contributed by atoms with van der Waals surface area (Å²) in [5.74, 6) is 0.502. The van der Waals surface area contributed by atoms with Crippen molar-refractivity contribution >= 4 is 77.8 Å². The van der Waals surface area contributed by atoms with Gasteiger partial charge in [0.2, 0.25) is 43.8 Å². The van der Waals surface area contributed by atoms with Gasteiger partial charge in [-0.05, 0) is 100 Å². The van der Waals surface area contributed by atoms with Gasteiger partial charge < -0.3 is 40.0 Å². The molecule has 88 heavy (non-hydrogen) atoms. The topological polar surface area (TPSA) is 296 Å². The van der Waals surface area contributed by atoms with E-state index in [-0.39, 0.29) is 58.3 Å². The molecule has 2 N–H and O–H groups in total. The average Bonchev–Trinajstić information content (AvgIpc) is 1.77. The minimum atomic E-state index is -4.22. The number of nitriles is 2. The summed E-state index contributed by atoms with van der Waals surface area (Å²) in [6.45, 7) is 7.54. The van der Waals surface area contributed by atoms with Crippen molar-refractivity contribution in [3.8, 4) is 23.4 Å². The summed E-state index contributed by atoms with van der Waals surface area (Å²) in [5, 5.41) is 45.2. The Kier molecular flexibility index (Phi) is 14.6. The summed E-state index contributed by atoms with van der Waals surface area (Å²) in [7, 11) is -4.04. The van der Waals surface area contributed by atoms with Gasteiger partial charge in [-0.3, -0.25) is 19.0 Å². The second-order valence-electron chi connectivity index (χ2n) is 23.6. The number of likely N-dealkylation sites (N-methyl/N-ethyl adjacent to an activating group) is 2. The fourth-order valence-electron chi connectivity index (χ4n) is 13.4. The number of sulfonamides is 2. The zero-order valence-electron chi connectivity index (χ0n) is 48.5. The number of hydrogen-bond acceptors (Lipinski definition) is 20. The normalized spacial score (nSPS) is 21.3. The number of anilines is 6. The molecule has 2 amide bonds. The molecule has 4 bridgehead atoms. The lowest BCUT2D eigenvalue weighted by Crippen LogP contribution is -2.56. The molecule has 28 nitrogen and oxygen atoms in total. The van der Waals surface area contributed by atoms with Gasteiger partial charge in [0.1, 0.15) is 24.1 Å². The third-order valence-corrected chi connectivity index (χ3v) is 22.0. The number of amides is 2. The highest BCUT2D eigenvalue weighted by Crippen LogP contribution is 2.42. The van der Waals surface area contributed by atoms with Crippen molar-refractivity contribution in [2.24, 2.45) is 0 Å². The molecular weight excluding hydrogens is 1160 g/mol. The van der Waals surface area contributed by atoms with Crippen LogP contribution in [0.5, 0.6) is 0 Å². The van der Waals surface area contributed by atoms with Crippen molar-refractivity contribution in [3.05, 3.63) is 109 Å². The van der Waals surface area contributed by atoms with Crippen molar-refractivity contribution in [2.45, 2.75) is 72.7 Å². The number of pyridine rings is 2. The molecule has 4 atom stereocenters. The fraction of sp³-hybridized carbons (Fsp3) is 0.414. The van der Waals surface area contributed by atoms with Crippen molar-refractivity contribution < 1.29 is 26.4 Å². The highest BCUT2D eigenvalue weighted by atomic mass is 32.2. The third-order valence-electron chi connectivity index (χ3n) is 17.9.